The van der Waals surface area contributed by atoms with E-state index in [0.717, 1.165) is 5.56 Å². The number of nitrogens with zero attached hydrogens (tertiary/aromatic N) is 1. The van der Waals surface area contributed by atoms with Gasteiger partial charge in [-0.2, -0.15) is 0 Å². The van der Waals surface area contributed by atoms with Gasteiger partial charge in [0.15, 0.2) is 11.5 Å². The number of ether oxygens (including phenoxy) is 3. The molecule has 7 heteroatoms. The summed E-state index contributed by atoms with van der Waals surface area (Å²) >= 11 is 0. The fraction of sp³-hybridized carbons (Fsp3) is 0.364. The van der Waals surface area contributed by atoms with Crippen LogP contribution < -0.4 is 19.5 Å². The average Bonchev–Trinajstić information content (AvgIpc) is 3.21. The Bertz CT molecular complexity index is 935. The SMILES string of the molecule is COc1ccc(C)cc1NC(=O)C1CCN(C(=O)c2ccc3c(c2)OCO3)CC1. The number of hydrogen-bond donors (Lipinski definition) is 1. The molecule has 0 saturated carbocycles. The maximum Gasteiger partial charge on any atom is 0.253 e. The lowest BCUT2D eigenvalue weighted by Crippen LogP contribution is -2.41. The van der Waals surface area contributed by atoms with Crippen molar-refractivity contribution in [1.82, 2.24) is 4.90 Å². The summed E-state index contributed by atoms with van der Waals surface area (Å²) in [7, 11) is 1.58. The molecule has 1 saturated heterocycles. The summed E-state index contributed by atoms with van der Waals surface area (Å²) < 4.78 is 16.0. The third-order valence-electron chi connectivity index (χ3n) is 5.39. The Morgan fingerprint density at radius 2 is 1.83 bits per heavy atom. The van der Waals surface area contributed by atoms with Crippen molar-refractivity contribution in [2.75, 3.05) is 32.3 Å². The second kappa shape index (κ2) is 8.03. The number of hydrogen-bond acceptors (Lipinski definition) is 5. The van der Waals surface area contributed by atoms with Gasteiger partial charge in [-0.15, -0.1) is 0 Å². The first kappa shape index (κ1) is 19.1. The molecule has 0 aromatic heterocycles. The Morgan fingerprint density at radius 3 is 2.59 bits per heavy atom. The number of aryl methyl sites for hydroxylation is 1. The predicted octanol–water partition coefficient (Wildman–Crippen LogP) is 3.22. The number of likely N-dealkylation sites (tertiary alicyclic amines) is 1. The van der Waals surface area contributed by atoms with Crippen molar-refractivity contribution >= 4 is 17.5 Å². The number of piperidine rings is 1. The van der Waals surface area contributed by atoms with Gasteiger partial charge >= 0.3 is 0 Å². The van der Waals surface area contributed by atoms with Crippen LogP contribution in [0.4, 0.5) is 5.69 Å². The van der Waals surface area contributed by atoms with E-state index < -0.39 is 0 Å². The van der Waals surface area contributed by atoms with Crippen molar-refractivity contribution in [1.29, 1.82) is 0 Å². The van der Waals surface area contributed by atoms with Crippen LogP contribution in [0.3, 0.4) is 0 Å². The molecule has 2 aromatic carbocycles. The maximum absolute atomic E-state index is 12.8. The highest BCUT2D eigenvalue weighted by molar-refractivity contribution is 5.96. The largest absolute Gasteiger partial charge is 0.495 e. The Hall–Kier alpha value is -3.22. The van der Waals surface area contributed by atoms with Crippen molar-refractivity contribution < 1.29 is 23.8 Å². The third-order valence-corrected chi connectivity index (χ3v) is 5.39. The van der Waals surface area contributed by atoms with Crippen LogP contribution in [-0.2, 0) is 4.79 Å². The van der Waals surface area contributed by atoms with Gasteiger partial charge < -0.3 is 24.4 Å². The van der Waals surface area contributed by atoms with Crippen LogP contribution in [0.5, 0.6) is 17.2 Å². The summed E-state index contributed by atoms with van der Waals surface area (Å²) in [5, 5.41) is 2.98. The molecule has 7 nitrogen and oxygen atoms in total. The molecule has 2 aromatic rings. The molecule has 2 amide bonds. The molecule has 2 heterocycles. The van der Waals surface area contributed by atoms with Crippen LogP contribution in [0, 0.1) is 12.8 Å². The summed E-state index contributed by atoms with van der Waals surface area (Å²) in [5.41, 5.74) is 2.29. The molecular weight excluding hydrogens is 372 g/mol. The number of anilines is 1. The number of nitrogens with one attached hydrogen (secondary N) is 1. The number of carbonyl (C=O) groups excluding carboxylic acids is 2. The van der Waals surface area contributed by atoms with Gasteiger partial charge in [0.05, 0.1) is 12.8 Å². The Kier molecular flexibility index (Phi) is 5.29. The summed E-state index contributed by atoms with van der Waals surface area (Å²) in [5.74, 6) is 1.66. The second-order valence-corrected chi connectivity index (χ2v) is 7.33. The number of rotatable bonds is 4. The molecule has 0 aliphatic carbocycles. The Morgan fingerprint density at radius 1 is 1.07 bits per heavy atom. The van der Waals surface area contributed by atoms with E-state index in [-0.39, 0.29) is 24.5 Å². The van der Waals surface area contributed by atoms with E-state index in [2.05, 4.69) is 5.32 Å². The quantitative estimate of drug-likeness (QED) is 0.859. The number of benzene rings is 2. The minimum Gasteiger partial charge on any atom is -0.495 e. The van der Waals surface area contributed by atoms with Crippen LogP contribution >= 0.6 is 0 Å². The van der Waals surface area contributed by atoms with Gasteiger partial charge in [0.25, 0.3) is 5.91 Å². The van der Waals surface area contributed by atoms with Crippen molar-refractivity contribution in [3.05, 3.63) is 47.5 Å². The molecular formula is C22H24N2O5. The lowest BCUT2D eigenvalue weighted by atomic mass is 9.95. The van der Waals surface area contributed by atoms with Crippen LogP contribution in [0.2, 0.25) is 0 Å². The summed E-state index contributed by atoms with van der Waals surface area (Å²) in [4.78, 5) is 27.3. The molecule has 0 bridgehead atoms. The molecule has 2 aliphatic heterocycles. The smallest absolute Gasteiger partial charge is 0.253 e. The first-order chi connectivity index (χ1) is 14.0. The fourth-order valence-corrected chi connectivity index (χ4v) is 3.71. The summed E-state index contributed by atoms with van der Waals surface area (Å²) in [6.07, 6.45) is 1.24. The molecule has 1 fully saturated rings. The highest BCUT2D eigenvalue weighted by Crippen LogP contribution is 2.33. The third kappa shape index (κ3) is 3.99. The van der Waals surface area contributed by atoms with E-state index in [4.69, 9.17) is 14.2 Å². The van der Waals surface area contributed by atoms with Crippen molar-refractivity contribution in [2.45, 2.75) is 19.8 Å². The zero-order valence-corrected chi connectivity index (χ0v) is 16.6. The molecule has 2 aliphatic rings. The standard InChI is InChI=1S/C22H24N2O5/c1-14-3-5-18(27-2)17(11-14)23-21(25)15-7-9-24(10-8-15)22(26)16-4-6-19-20(12-16)29-13-28-19/h3-6,11-12,15H,7-10,13H2,1-2H3,(H,23,25). The Balaban J connectivity index is 1.36. The van der Waals surface area contributed by atoms with Gasteiger partial charge in [-0.05, 0) is 55.7 Å². The minimum absolute atomic E-state index is 0.0379. The highest BCUT2D eigenvalue weighted by Gasteiger charge is 2.29. The van der Waals surface area contributed by atoms with E-state index in [0.29, 0.717) is 54.4 Å². The van der Waals surface area contributed by atoms with Gasteiger partial charge in [0.1, 0.15) is 5.75 Å². The first-order valence-corrected chi connectivity index (χ1v) is 9.69. The van der Waals surface area contributed by atoms with Crippen LogP contribution in [-0.4, -0.2) is 43.7 Å². The monoisotopic (exact) mass is 396 g/mol. The van der Waals surface area contributed by atoms with E-state index >= 15 is 0 Å². The average molecular weight is 396 g/mol. The molecule has 4 rings (SSSR count). The van der Waals surface area contributed by atoms with Crippen LogP contribution in [0.25, 0.3) is 0 Å². The van der Waals surface area contributed by atoms with Gasteiger partial charge in [-0.3, -0.25) is 9.59 Å². The zero-order valence-electron chi connectivity index (χ0n) is 16.6. The van der Waals surface area contributed by atoms with Gasteiger partial charge in [-0.1, -0.05) is 6.07 Å². The lowest BCUT2D eigenvalue weighted by Gasteiger charge is -2.31. The van der Waals surface area contributed by atoms with E-state index in [1.54, 1.807) is 30.2 Å². The van der Waals surface area contributed by atoms with Crippen molar-refractivity contribution in [3.63, 3.8) is 0 Å². The van der Waals surface area contributed by atoms with E-state index in [1.807, 2.05) is 25.1 Å². The van der Waals surface area contributed by atoms with Gasteiger partial charge in [0.2, 0.25) is 12.7 Å². The van der Waals surface area contributed by atoms with E-state index in [1.165, 1.54) is 0 Å². The molecule has 29 heavy (non-hydrogen) atoms. The molecule has 0 atom stereocenters. The topological polar surface area (TPSA) is 77.1 Å². The zero-order chi connectivity index (χ0) is 20.4. The van der Waals surface area contributed by atoms with Crippen LogP contribution in [0.15, 0.2) is 36.4 Å². The minimum atomic E-state index is -0.138. The molecule has 1 N–H and O–H groups in total. The van der Waals surface area contributed by atoms with Gasteiger partial charge in [0, 0.05) is 24.6 Å². The lowest BCUT2D eigenvalue weighted by molar-refractivity contribution is -0.121. The number of methoxy groups -OCH3 is 1. The summed E-state index contributed by atoms with van der Waals surface area (Å²) in [6, 6.07) is 10.9. The van der Waals surface area contributed by atoms with Gasteiger partial charge in [-0.25, -0.2) is 0 Å². The van der Waals surface area contributed by atoms with E-state index in [9.17, 15) is 9.59 Å². The maximum atomic E-state index is 12.8. The van der Waals surface area contributed by atoms with Crippen LogP contribution in [0.1, 0.15) is 28.8 Å². The predicted molar refractivity (Wildman–Crippen MR) is 108 cm³/mol. The summed E-state index contributed by atoms with van der Waals surface area (Å²) in [6.45, 7) is 3.22. The Labute approximate surface area is 169 Å². The van der Waals surface area contributed by atoms with Crippen molar-refractivity contribution in [2.24, 2.45) is 5.92 Å². The fourth-order valence-electron chi connectivity index (χ4n) is 3.71. The molecule has 152 valence electrons. The first-order valence-electron chi connectivity index (χ1n) is 9.69. The number of amides is 2. The highest BCUT2D eigenvalue weighted by atomic mass is 16.7. The second-order valence-electron chi connectivity index (χ2n) is 7.33. The molecule has 0 unspecified atom stereocenters. The number of carbonyl (C=O) groups is 2. The number of fused-ring (bicyclic) bond motifs is 1. The van der Waals surface area contributed by atoms with Crippen molar-refractivity contribution in [3.8, 4) is 17.2 Å². The molecule has 0 radical (unpaired) electrons. The normalized spacial score (nSPS) is 15.9. The molecule has 0 spiro atoms.